The molecule has 0 aromatic carbocycles. The average Bonchev–Trinajstić information content (AvgIpc) is 3.42. The zero-order chi connectivity index (χ0) is 55.1. The van der Waals surface area contributed by atoms with E-state index in [1.807, 2.05) is 0 Å². The van der Waals surface area contributed by atoms with Crippen molar-refractivity contribution in [2.45, 2.75) is 280 Å². The highest BCUT2D eigenvalue weighted by atomic mass is 16.7. The van der Waals surface area contributed by atoms with Gasteiger partial charge in [-0.3, -0.25) is 4.79 Å². The van der Waals surface area contributed by atoms with Crippen LogP contribution in [0.3, 0.4) is 0 Å². The van der Waals surface area contributed by atoms with E-state index in [0.29, 0.717) is 13.0 Å². The lowest BCUT2D eigenvalue weighted by Crippen LogP contribution is -2.61. The van der Waals surface area contributed by atoms with Crippen LogP contribution in [0.5, 0.6) is 0 Å². The number of hydrogen-bond acceptors (Lipinski definition) is 14. The van der Waals surface area contributed by atoms with Gasteiger partial charge < -0.3 is 64.2 Å². The molecule has 0 aliphatic carbocycles. The summed E-state index contributed by atoms with van der Waals surface area (Å²) in [5.74, 6) is -0.382. The predicted octanol–water partition coefficient (Wildman–Crippen LogP) is 11.0. The monoisotopic (exact) mass is 1080 g/mol. The Morgan fingerprint density at radius 1 is 0.447 bits per heavy atom. The van der Waals surface area contributed by atoms with Gasteiger partial charge in [0.05, 0.1) is 26.4 Å². The fourth-order valence-corrected chi connectivity index (χ4v) is 9.17. The number of allylic oxidation sites excluding steroid dienone is 12. The highest BCUT2D eigenvalue weighted by Crippen LogP contribution is 2.27. The van der Waals surface area contributed by atoms with E-state index in [-0.39, 0.29) is 25.6 Å². The molecule has 0 bridgehead atoms. The number of carbonyl (C=O) groups is 1. The van der Waals surface area contributed by atoms with E-state index in [0.717, 1.165) is 96.3 Å². The van der Waals surface area contributed by atoms with Gasteiger partial charge in [-0.25, -0.2) is 0 Å². The summed E-state index contributed by atoms with van der Waals surface area (Å²) >= 11 is 0. The molecule has 11 atom stereocenters. The Labute approximate surface area is 459 Å². The van der Waals surface area contributed by atoms with Crippen molar-refractivity contribution in [2.24, 2.45) is 0 Å². The van der Waals surface area contributed by atoms with E-state index in [1.165, 1.54) is 89.9 Å². The molecule has 11 unspecified atom stereocenters. The molecule has 14 heteroatoms. The fraction of sp³-hybridized carbons (Fsp3) is 0.790. The third kappa shape index (κ3) is 34.4. The average molecular weight is 1080 g/mol. The lowest BCUT2D eigenvalue weighted by atomic mass is 9.98. The summed E-state index contributed by atoms with van der Waals surface area (Å²) in [5.41, 5.74) is 0. The van der Waals surface area contributed by atoms with Gasteiger partial charge in [0.2, 0.25) is 0 Å². The summed E-state index contributed by atoms with van der Waals surface area (Å²) in [6, 6.07) is 0. The molecule has 0 saturated carbocycles. The third-order valence-corrected chi connectivity index (χ3v) is 14.0. The number of hydrogen-bond donors (Lipinski definition) is 7. The lowest BCUT2D eigenvalue weighted by Gasteiger charge is -2.42. The van der Waals surface area contributed by atoms with Crippen molar-refractivity contribution in [1.82, 2.24) is 0 Å². The molecule has 76 heavy (non-hydrogen) atoms. The van der Waals surface area contributed by atoms with Crippen LogP contribution in [0.15, 0.2) is 72.9 Å². The first-order valence-electron chi connectivity index (χ1n) is 30.0. The Balaban J connectivity index is 1.72. The van der Waals surface area contributed by atoms with Crippen LogP contribution in [0.2, 0.25) is 0 Å². The minimum absolute atomic E-state index is 0.0468. The maximum absolute atomic E-state index is 13.1. The zero-order valence-corrected chi connectivity index (χ0v) is 47.2. The van der Waals surface area contributed by atoms with Crippen LogP contribution in [-0.2, 0) is 33.2 Å². The quantitative estimate of drug-likeness (QED) is 0.0172. The second-order valence-electron chi connectivity index (χ2n) is 20.8. The van der Waals surface area contributed by atoms with Gasteiger partial charge in [-0.05, 0) is 64.2 Å². The summed E-state index contributed by atoms with van der Waals surface area (Å²) in [5, 5.41) is 72.4. The van der Waals surface area contributed by atoms with Crippen LogP contribution >= 0.6 is 0 Å². The molecule has 2 rings (SSSR count). The van der Waals surface area contributed by atoms with E-state index < -0.39 is 80.7 Å². The van der Waals surface area contributed by atoms with Crippen molar-refractivity contribution in [3.05, 3.63) is 72.9 Å². The van der Waals surface area contributed by atoms with Gasteiger partial charge in [-0.2, -0.15) is 0 Å². The number of rotatable bonds is 48. The Hall–Kier alpha value is -2.57. The van der Waals surface area contributed by atoms with E-state index in [2.05, 4.69) is 86.8 Å². The van der Waals surface area contributed by atoms with E-state index >= 15 is 0 Å². The standard InChI is InChI=1S/C62H108O14/c1-3-5-7-9-11-13-15-17-19-21-23-24-25-26-27-28-30-32-34-36-38-40-42-44-46-71-48-51(74-54(64)45-43-41-39-37-35-33-31-29-22-20-18-16-14-12-10-8-6-4-2)49-72-61-60(70)58(68)56(66)53(76-61)50-73-62-59(69)57(67)55(65)52(47-63)75-62/h5,7,11,13,17,19,23-24,26-27,30,32,51-53,55-63,65-70H,3-4,6,8-10,12,14-16,18,20-22,25,28-29,31,33-50H2,1-2H3/b7-5-,13-11-,19-17-,24-23-,27-26-,32-30-. The highest BCUT2D eigenvalue weighted by Gasteiger charge is 2.47. The van der Waals surface area contributed by atoms with Crippen LogP contribution in [0.25, 0.3) is 0 Å². The Morgan fingerprint density at radius 2 is 0.855 bits per heavy atom. The van der Waals surface area contributed by atoms with Crippen LogP contribution in [-0.4, -0.2) is 142 Å². The highest BCUT2D eigenvalue weighted by molar-refractivity contribution is 5.69. The number of esters is 1. The molecule has 0 aromatic heterocycles. The SMILES string of the molecule is CC/C=C\C/C=C\C/C=C\C/C=C\C/C=C\C/C=C\CCCCCCCOCC(COC1OC(COC2OC(CO)C(O)C(O)C2O)C(O)C(O)C1O)OC(=O)CCCCCCCCCCCCCCCCCCCC. The molecule has 2 heterocycles. The van der Waals surface area contributed by atoms with E-state index in [4.69, 9.17) is 28.4 Å². The Bertz CT molecular complexity index is 1530. The number of carbonyl (C=O) groups excluding carboxylic acids is 1. The van der Waals surface area contributed by atoms with Crippen molar-refractivity contribution < 1.29 is 69.0 Å². The lowest BCUT2D eigenvalue weighted by molar-refractivity contribution is -0.332. The Morgan fingerprint density at radius 3 is 1.34 bits per heavy atom. The summed E-state index contributed by atoms with van der Waals surface area (Å²) in [6.45, 7) is 3.55. The predicted molar refractivity (Wildman–Crippen MR) is 302 cm³/mol. The van der Waals surface area contributed by atoms with Crippen LogP contribution in [0.4, 0.5) is 0 Å². The second-order valence-corrected chi connectivity index (χ2v) is 20.8. The molecule has 2 fully saturated rings. The smallest absolute Gasteiger partial charge is 0.306 e. The van der Waals surface area contributed by atoms with Gasteiger partial charge in [0.15, 0.2) is 12.6 Å². The molecule has 2 saturated heterocycles. The van der Waals surface area contributed by atoms with Gasteiger partial charge >= 0.3 is 5.97 Å². The minimum atomic E-state index is -1.71. The van der Waals surface area contributed by atoms with Gasteiger partial charge in [-0.15, -0.1) is 0 Å². The third-order valence-electron chi connectivity index (χ3n) is 14.0. The molecule has 2 aliphatic rings. The van der Waals surface area contributed by atoms with Crippen LogP contribution < -0.4 is 0 Å². The van der Waals surface area contributed by atoms with Crippen molar-refractivity contribution in [2.75, 3.05) is 33.0 Å². The van der Waals surface area contributed by atoms with Crippen LogP contribution in [0.1, 0.15) is 213 Å². The maximum Gasteiger partial charge on any atom is 0.306 e. The van der Waals surface area contributed by atoms with Crippen molar-refractivity contribution in [3.8, 4) is 0 Å². The molecule has 7 N–H and O–H groups in total. The molecule has 2 aliphatic heterocycles. The normalized spacial score (nSPS) is 25.0. The number of aliphatic hydroxyl groups excluding tert-OH is 7. The molecule has 0 aromatic rings. The summed E-state index contributed by atoms with van der Waals surface area (Å²) < 4.78 is 34.4. The summed E-state index contributed by atoms with van der Waals surface area (Å²) in [6.07, 6.45) is 45.3. The molecular weight excluding hydrogens is 969 g/mol. The fourth-order valence-electron chi connectivity index (χ4n) is 9.17. The molecule has 0 radical (unpaired) electrons. The number of ether oxygens (including phenoxy) is 6. The maximum atomic E-state index is 13.1. The molecule has 440 valence electrons. The first-order chi connectivity index (χ1) is 37.1. The van der Waals surface area contributed by atoms with Gasteiger partial charge in [0.1, 0.15) is 54.9 Å². The molecule has 14 nitrogen and oxygen atoms in total. The van der Waals surface area contributed by atoms with Crippen molar-refractivity contribution >= 4 is 5.97 Å². The van der Waals surface area contributed by atoms with Crippen LogP contribution in [0, 0.1) is 0 Å². The first kappa shape index (κ1) is 69.5. The topological polar surface area (TPSA) is 214 Å². The van der Waals surface area contributed by atoms with Gasteiger partial charge in [0.25, 0.3) is 0 Å². The molecule has 0 spiro atoms. The van der Waals surface area contributed by atoms with Gasteiger partial charge in [-0.1, -0.05) is 215 Å². The van der Waals surface area contributed by atoms with Gasteiger partial charge in [0, 0.05) is 13.0 Å². The summed E-state index contributed by atoms with van der Waals surface area (Å²) in [7, 11) is 0. The van der Waals surface area contributed by atoms with Crippen molar-refractivity contribution in [1.29, 1.82) is 0 Å². The van der Waals surface area contributed by atoms with E-state index in [1.54, 1.807) is 0 Å². The molecular formula is C62H108O14. The number of unbranched alkanes of at least 4 members (excludes halogenated alkanes) is 22. The number of aliphatic hydroxyl groups is 7. The minimum Gasteiger partial charge on any atom is -0.457 e. The zero-order valence-electron chi connectivity index (χ0n) is 47.2. The summed E-state index contributed by atoms with van der Waals surface area (Å²) in [4.78, 5) is 13.1. The largest absolute Gasteiger partial charge is 0.457 e. The first-order valence-corrected chi connectivity index (χ1v) is 30.0. The van der Waals surface area contributed by atoms with E-state index in [9.17, 15) is 40.5 Å². The second kappa shape index (κ2) is 48.3. The Kier molecular flexibility index (Phi) is 44.2. The van der Waals surface area contributed by atoms with Crippen molar-refractivity contribution in [3.63, 3.8) is 0 Å². The molecule has 0 amide bonds.